The fraction of sp³-hybridized carbons (Fsp3) is 0.200. The quantitative estimate of drug-likeness (QED) is 0.653. The average molecular weight is 257 g/mol. The maximum atomic E-state index is 11.2. The summed E-state index contributed by atoms with van der Waals surface area (Å²) in [6, 6.07) is 3.44. The van der Waals surface area contributed by atoms with Crippen LogP contribution in [0.25, 0.3) is 0 Å². The van der Waals surface area contributed by atoms with Crippen molar-refractivity contribution in [2.24, 2.45) is 0 Å². The summed E-state index contributed by atoms with van der Waals surface area (Å²) in [6.07, 6.45) is 0. The van der Waals surface area contributed by atoms with Crippen LogP contribution in [0.1, 0.15) is 21.5 Å². The number of benzene rings is 1. The first-order valence-corrected chi connectivity index (χ1v) is 4.77. The zero-order chi connectivity index (χ0) is 10.9. The van der Waals surface area contributed by atoms with E-state index < -0.39 is 11.8 Å². The minimum absolute atomic E-state index is 0.204. The van der Waals surface area contributed by atoms with Gasteiger partial charge in [0, 0.05) is 10.0 Å². The van der Waals surface area contributed by atoms with Crippen molar-refractivity contribution in [3.63, 3.8) is 0 Å². The predicted molar refractivity (Wildman–Crippen MR) is 55.6 cm³/mol. The molecule has 0 amide bonds. The van der Waals surface area contributed by atoms with Gasteiger partial charge in [-0.3, -0.25) is 4.79 Å². The van der Waals surface area contributed by atoms with Gasteiger partial charge in [0.1, 0.15) is 0 Å². The molecule has 1 rings (SSSR count). The highest BCUT2D eigenvalue weighted by atomic mass is 79.9. The van der Waals surface area contributed by atoms with E-state index in [4.69, 9.17) is 5.11 Å². The summed E-state index contributed by atoms with van der Waals surface area (Å²) in [4.78, 5) is 21.7. The van der Waals surface area contributed by atoms with Crippen molar-refractivity contribution in [1.29, 1.82) is 0 Å². The molecule has 0 fully saturated rings. The Hall–Kier alpha value is -1.16. The minimum Gasteiger partial charge on any atom is -0.475 e. The van der Waals surface area contributed by atoms with Gasteiger partial charge >= 0.3 is 5.97 Å². The van der Waals surface area contributed by atoms with Crippen LogP contribution in [0.5, 0.6) is 0 Å². The van der Waals surface area contributed by atoms with Crippen LogP contribution in [-0.2, 0) is 4.79 Å². The van der Waals surface area contributed by atoms with E-state index in [2.05, 4.69) is 15.9 Å². The van der Waals surface area contributed by atoms with Gasteiger partial charge in [-0.15, -0.1) is 0 Å². The summed E-state index contributed by atoms with van der Waals surface area (Å²) >= 11 is 3.20. The van der Waals surface area contributed by atoms with Crippen LogP contribution < -0.4 is 0 Å². The molecule has 0 aromatic heterocycles. The Morgan fingerprint density at radius 1 is 1.29 bits per heavy atom. The van der Waals surface area contributed by atoms with Crippen molar-refractivity contribution in [1.82, 2.24) is 0 Å². The molecule has 0 unspecified atom stereocenters. The fourth-order valence-electron chi connectivity index (χ4n) is 1.23. The molecule has 1 aromatic rings. The SMILES string of the molecule is Cc1cc(C)c(Br)c(C(=O)C(=O)O)c1. The van der Waals surface area contributed by atoms with Gasteiger partial charge in [-0.05, 0) is 41.4 Å². The smallest absolute Gasteiger partial charge is 0.377 e. The van der Waals surface area contributed by atoms with E-state index in [9.17, 15) is 9.59 Å². The first-order valence-electron chi connectivity index (χ1n) is 3.98. The third-order valence-electron chi connectivity index (χ3n) is 1.84. The lowest BCUT2D eigenvalue weighted by Gasteiger charge is -2.05. The number of halogens is 1. The van der Waals surface area contributed by atoms with Gasteiger partial charge in [0.2, 0.25) is 0 Å². The highest BCUT2D eigenvalue weighted by Crippen LogP contribution is 2.23. The van der Waals surface area contributed by atoms with Crippen molar-refractivity contribution in [2.75, 3.05) is 0 Å². The van der Waals surface area contributed by atoms with E-state index in [0.29, 0.717) is 4.47 Å². The largest absolute Gasteiger partial charge is 0.475 e. The number of carboxylic acids is 1. The second kappa shape index (κ2) is 3.92. The van der Waals surface area contributed by atoms with E-state index in [1.165, 1.54) is 0 Å². The summed E-state index contributed by atoms with van der Waals surface area (Å²) < 4.78 is 0.551. The standard InChI is InChI=1S/C10H9BrO3/c1-5-3-6(2)8(11)7(4-5)9(12)10(13)14/h3-4H,1-2H3,(H,13,14). The van der Waals surface area contributed by atoms with Gasteiger partial charge in [-0.1, -0.05) is 11.6 Å². The first-order chi connectivity index (χ1) is 6.43. The number of hydrogen-bond acceptors (Lipinski definition) is 2. The molecule has 74 valence electrons. The second-order valence-corrected chi connectivity index (χ2v) is 3.87. The predicted octanol–water partition coefficient (Wildman–Crippen LogP) is 2.33. The first kappa shape index (κ1) is 10.9. The molecule has 0 atom stereocenters. The number of Topliss-reactive ketones (excluding diaryl/α,β-unsaturated/α-hetero) is 1. The molecule has 0 saturated heterocycles. The van der Waals surface area contributed by atoms with Crippen LogP contribution >= 0.6 is 15.9 Å². The Balaban J connectivity index is 3.34. The van der Waals surface area contributed by atoms with Crippen LogP contribution in [0.4, 0.5) is 0 Å². The van der Waals surface area contributed by atoms with Gasteiger partial charge in [0.05, 0.1) is 0 Å². The van der Waals surface area contributed by atoms with Crippen LogP contribution in [-0.4, -0.2) is 16.9 Å². The summed E-state index contributed by atoms with van der Waals surface area (Å²) in [7, 11) is 0. The Morgan fingerprint density at radius 2 is 1.86 bits per heavy atom. The van der Waals surface area contributed by atoms with Crippen LogP contribution in [0, 0.1) is 13.8 Å². The molecule has 0 saturated carbocycles. The molecule has 0 spiro atoms. The zero-order valence-corrected chi connectivity index (χ0v) is 9.38. The normalized spacial score (nSPS) is 9.93. The van der Waals surface area contributed by atoms with E-state index >= 15 is 0 Å². The number of ketones is 1. The molecule has 0 radical (unpaired) electrons. The van der Waals surface area contributed by atoms with Crippen molar-refractivity contribution >= 4 is 27.7 Å². The number of carbonyl (C=O) groups excluding carboxylic acids is 1. The van der Waals surface area contributed by atoms with Crippen molar-refractivity contribution < 1.29 is 14.7 Å². The minimum atomic E-state index is -1.43. The molecule has 1 aromatic carbocycles. The van der Waals surface area contributed by atoms with Gasteiger partial charge in [0.15, 0.2) is 0 Å². The molecule has 1 N–H and O–H groups in total. The van der Waals surface area contributed by atoms with E-state index in [1.807, 2.05) is 19.9 Å². The summed E-state index contributed by atoms with van der Waals surface area (Å²) in [5.74, 6) is -2.32. The summed E-state index contributed by atoms with van der Waals surface area (Å²) in [5, 5.41) is 8.57. The molecule has 0 bridgehead atoms. The van der Waals surface area contributed by atoms with Crippen molar-refractivity contribution in [3.8, 4) is 0 Å². The van der Waals surface area contributed by atoms with Crippen molar-refractivity contribution in [3.05, 3.63) is 33.3 Å². The Morgan fingerprint density at radius 3 is 2.36 bits per heavy atom. The van der Waals surface area contributed by atoms with Gasteiger partial charge in [-0.2, -0.15) is 0 Å². The highest BCUT2D eigenvalue weighted by Gasteiger charge is 2.18. The van der Waals surface area contributed by atoms with Gasteiger partial charge < -0.3 is 5.11 Å². The van der Waals surface area contributed by atoms with Crippen LogP contribution in [0.15, 0.2) is 16.6 Å². The molecule has 0 aliphatic heterocycles. The molecule has 14 heavy (non-hydrogen) atoms. The zero-order valence-electron chi connectivity index (χ0n) is 7.80. The Kier molecular flexibility index (Phi) is 3.06. The summed E-state index contributed by atoms with van der Waals surface area (Å²) in [6.45, 7) is 3.63. The fourth-order valence-corrected chi connectivity index (χ4v) is 1.64. The maximum absolute atomic E-state index is 11.2. The van der Waals surface area contributed by atoms with E-state index in [1.54, 1.807) is 6.07 Å². The third-order valence-corrected chi connectivity index (χ3v) is 2.89. The molecule has 0 heterocycles. The number of aryl methyl sites for hydroxylation is 2. The lowest BCUT2D eigenvalue weighted by atomic mass is 10.0. The molecular weight excluding hydrogens is 248 g/mol. The third kappa shape index (κ3) is 2.01. The monoisotopic (exact) mass is 256 g/mol. The number of hydrogen-bond donors (Lipinski definition) is 1. The van der Waals surface area contributed by atoms with E-state index in [-0.39, 0.29) is 5.56 Å². The highest BCUT2D eigenvalue weighted by molar-refractivity contribution is 9.10. The lowest BCUT2D eigenvalue weighted by Crippen LogP contribution is -2.13. The molecule has 3 nitrogen and oxygen atoms in total. The number of carbonyl (C=O) groups is 2. The number of carboxylic acid groups (broad SMARTS) is 1. The second-order valence-electron chi connectivity index (χ2n) is 3.08. The number of aliphatic carboxylic acids is 1. The molecule has 0 aliphatic carbocycles. The van der Waals surface area contributed by atoms with Gasteiger partial charge in [-0.25, -0.2) is 4.79 Å². The molecular formula is C10H9BrO3. The van der Waals surface area contributed by atoms with Gasteiger partial charge in [0.25, 0.3) is 5.78 Å². The van der Waals surface area contributed by atoms with Crippen molar-refractivity contribution in [2.45, 2.75) is 13.8 Å². The average Bonchev–Trinajstić information content (AvgIpc) is 2.09. The topological polar surface area (TPSA) is 54.4 Å². The summed E-state index contributed by atoms with van der Waals surface area (Å²) in [5.41, 5.74) is 1.93. The van der Waals surface area contributed by atoms with Crippen LogP contribution in [0.3, 0.4) is 0 Å². The van der Waals surface area contributed by atoms with Crippen LogP contribution in [0.2, 0.25) is 0 Å². The Labute approximate surface area is 89.9 Å². The maximum Gasteiger partial charge on any atom is 0.377 e. The lowest BCUT2D eigenvalue weighted by molar-refractivity contribution is -0.131. The molecule has 0 aliphatic rings. The number of rotatable bonds is 2. The Bertz CT molecular complexity index is 410. The van der Waals surface area contributed by atoms with E-state index in [0.717, 1.165) is 11.1 Å². The molecule has 4 heteroatoms.